The predicted molar refractivity (Wildman–Crippen MR) is 29.3 cm³/mol. The van der Waals surface area contributed by atoms with Gasteiger partial charge in [0.25, 0.3) is 0 Å². The summed E-state index contributed by atoms with van der Waals surface area (Å²) in [4.78, 5) is 16.0. The minimum Gasteiger partial charge on any atom is -0.364 e. The highest BCUT2D eigenvalue weighted by Gasteiger charge is 2.17. The molecule has 0 aromatic carbocycles. The van der Waals surface area contributed by atoms with E-state index in [1.165, 1.54) is 0 Å². The van der Waals surface area contributed by atoms with Crippen molar-refractivity contribution in [3.63, 3.8) is 0 Å². The Hall–Kier alpha value is -0.190. The molecule has 1 unspecified atom stereocenters. The van der Waals surface area contributed by atoms with Gasteiger partial charge in [-0.2, -0.15) is 0 Å². The van der Waals surface area contributed by atoms with Gasteiger partial charge in [-0.3, -0.25) is 4.52 Å². The Morgan fingerprint density at radius 3 is 2.22 bits per heavy atom. The molecule has 0 heterocycles. The fraction of sp³-hybridized carbons (Fsp3) is 0.333. The standard InChI is InChI=1S/C3H7O5P/c1-2-3(4)8-9(5,6)7/h2-4H,1H2,(H2,5,6,7). The van der Waals surface area contributed by atoms with Gasteiger partial charge in [0, 0.05) is 0 Å². The summed E-state index contributed by atoms with van der Waals surface area (Å²) in [6.45, 7) is 3.03. The summed E-state index contributed by atoms with van der Waals surface area (Å²) in [7, 11) is -4.56. The molecule has 54 valence electrons. The lowest BCUT2D eigenvalue weighted by Crippen LogP contribution is -2.04. The van der Waals surface area contributed by atoms with Gasteiger partial charge in [0.1, 0.15) is 0 Å². The Kier molecular flexibility index (Phi) is 3.03. The summed E-state index contributed by atoms with van der Waals surface area (Å²) in [5.74, 6) is 0. The zero-order valence-corrected chi connectivity index (χ0v) is 5.36. The van der Waals surface area contributed by atoms with Crippen molar-refractivity contribution in [1.82, 2.24) is 0 Å². The van der Waals surface area contributed by atoms with E-state index in [9.17, 15) is 4.57 Å². The molecule has 0 saturated heterocycles. The molecule has 0 aliphatic rings. The van der Waals surface area contributed by atoms with Gasteiger partial charge in [0.15, 0.2) is 6.29 Å². The van der Waals surface area contributed by atoms with Crippen LogP contribution >= 0.6 is 7.82 Å². The molecule has 3 N–H and O–H groups in total. The Labute approximate surface area is 51.8 Å². The first-order valence-electron chi connectivity index (χ1n) is 2.00. The molecule has 0 rings (SSSR count). The number of hydrogen-bond donors (Lipinski definition) is 3. The van der Waals surface area contributed by atoms with E-state index >= 15 is 0 Å². The van der Waals surface area contributed by atoms with Crippen LogP contribution in [0.5, 0.6) is 0 Å². The maximum atomic E-state index is 9.86. The molecule has 5 nitrogen and oxygen atoms in total. The summed E-state index contributed by atoms with van der Waals surface area (Å²) in [6, 6.07) is 0. The molecule has 0 saturated carbocycles. The fourth-order valence-corrected chi connectivity index (χ4v) is 0.551. The third-order valence-electron chi connectivity index (χ3n) is 0.447. The summed E-state index contributed by atoms with van der Waals surface area (Å²) in [5.41, 5.74) is 0. The molecule has 1 atom stereocenters. The fourth-order valence-electron chi connectivity index (χ4n) is 0.184. The molecular weight excluding hydrogens is 147 g/mol. The number of aliphatic hydroxyl groups is 1. The molecular formula is C3H7O5P. The van der Waals surface area contributed by atoms with Crippen molar-refractivity contribution in [2.45, 2.75) is 6.29 Å². The molecule has 0 bridgehead atoms. The van der Waals surface area contributed by atoms with Crippen LogP contribution in [-0.4, -0.2) is 21.2 Å². The van der Waals surface area contributed by atoms with E-state index in [0.717, 1.165) is 6.08 Å². The monoisotopic (exact) mass is 154 g/mol. The Bertz CT molecular complexity index is 137. The van der Waals surface area contributed by atoms with Crippen LogP contribution in [0.3, 0.4) is 0 Å². The van der Waals surface area contributed by atoms with Crippen LogP contribution in [0, 0.1) is 0 Å². The van der Waals surface area contributed by atoms with Gasteiger partial charge in [-0.15, -0.1) is 0 Å². The van der Waals surface area contributed by atoms with Crippen molar-refractivity contribution in [2.24, 2.45) is 0 Å². The molecule has 0 aromatic heterocycles. The van der Waals surface area contributed by atoms with Gasteiger partial charge in [-0.25, -0.2) is 4.57 Å². The van der Waals surface area contributed by atoms with Crippen molar-refractivity contribution in [1.29, 1.82) is 0 Å². The van der Waals surface area contributed by atoms with E-state index in [1.54, 1.807) is 0 Å². The van der Waals surface area contributed by atoms with Gasteiger partial charge in [-0.05, 0) is 6.08 Å². The van der Waals surface area contributed by atoms with Crippen LogP contribution in [-0.2, 0) is 9.09 Å². The molecule has 0 aromatic rings. The van der Waals surface area contributed by atoms with Crippen molar-refractivity contribution in [3.8, 4) is 0 Å². The second kappa shape index (κ2) is 3.10. The zero-order valence-electron chi connectivity index (χ0n) is 4.47. The molecule has 0 spiro atoms. The predicted octanol–water partition coefficient (Wildman–Crippen LogP) is -0.400. The number of hydrogen-bond acceptors (Lipinski definition) is 3. The number of phosphoric acid groups is 1. The van der Waals surface area contributed by atoms with Gasteiger partial charge in [-0.1, -0.05) is 6.58 Å². The topological polar surface area (TPSA) is 87.0 Å². The highest BCUT2D eigenvalue weighted by Crippen LogP contribution is 2.36. The largest absolute Gasteiger partial charge is 0.472 e. The first-order valence-corrected chi connectivity index (χ1v) is 3.53. The second-order valence-electron chi connectivity index (χ2n) is 1.22. The van der Waals surface area contributed by atoms with Crippen molar-refractivity contribution in [2.75, 3.05) is 0 Å². The average molecular weight is 154 g/mol. The van der Waals surface area contributed by atoms with Gasteiger partial charge in [0.2, 0.25) is 0 Å². The number of rotatable bonds is 3. The minimum absolute atomic E-state index is 0.860. The summed E-state index contributed by atoms with van der Waals surface area (Å²) in [5, 5.41) is 8.36. The first-order chi connectivity index (χ1) is 3.95. The highest BCUT2D eigenvalue weighted by molar-refractivity contribution is 7.46. The summed E-state index contributed by atoms with van der Waals surface area (Å²) in [6.07, 6.45) is -0.746. The van der Waals surface area contributed by atoms with Gasteiger partial charge < -0.3 is 14.9 Å². The van der Waals surface area contributed by atoms with Crippen molar-refractivity contribution < 1.29 is 24.0 Å². The normalized spacial score (nSPS) is 15.0. The van der Waals surface area contributed by atoms with Crippen LogP contribution in [0.4, 0.5) is 0 Å². The van der Waals surface area contributed by atoms with Crippen LogP contribution < -0.4 is 0 Å². The Morgan fingerprint density at radius 2 is 2.11 bits per heavy atom. The third kappa shape index (κ3) is 5.68. The SMILES string of the molecule is C=CC(O)OP(=O)(O)O. The van der Waals surface area contributed by atoms with E-state index < -0.39 is 14.1 Å². The smallest absolute Gasteiger partial charge is 0.364 e. The second-order valence-corrected chi connectivity index (χ2v) is 2.41. The van der Waals surface area contributed by atoms with E-state index in [4.69, 9.17) is 14.9 Å². The van der Waals surface area contributed by atoms with Crippen LogP contribution in [0.15, 0.2) is 12.7 Å². The maximum absolute atomic E-state index is 9.86. The molecule has 0 fully saturated rings. The average Bonchev–Trinajstić information content (AvgIpc) is 1.62. The van der Waals surface area contributed by atoms with Crippen LogP contribution in [0.25, 0.3) is 0 Å². The Morgan fingerprint density at radius 1 is 1.67 bits per heavy atom. The quantitative estimate of drug-likeness (QED) is 0.292. The molecule has 0 aliphatic heterocycles. The van der Waals surface area contributed by atoms with E-state index in [0.29, 0.717) is 0 Å². The van der Waals surface area contributed by atoms with Crippen LogP contribution in [0.1, 0.15) is 0 Å². The molecule has 6 heteroatoms. The van der Waals surface area contributed by atoms with Crippen molar-refractivity contribution in [3.05, 3.63) is 12.7 Å². The highest BCUT2D eigenvalue weighted by atomic mass is 31.2. The maximum Gasteiger partial charge on any atom is 0.472 e. The zero-order chi connectivity index (χ0) is 7.49. The Balaban J connectivity index is 3.74. The van der Waals surface area contributed by atoms with E-state index in [-0.39, 0.29) is 0 Å². The van der Waals surface area contributed by atoms with Gasteiger partial charge in [0.05, 0.1) is 0 Å². The molecule has 0 amide bonds. The summed E-state index contributed by atoms with van der Waals surface area (Å²) < 4.78 is 13.6. The lowest BCUT2D eigenvalue weighted by atomic mass is 10.6. The summed E-state index contributed by atoms with van der Waals surface area (Å²) >= 11 is 0. The number of aliphatic hydroxyl groups excluding tert-OH is 1. The molecule has 0 radical (unpaired) electrons. The van der Waals surface area contributed by atoms with Crippen LogP contribution in [0.2, 0.25) is 0 Å². The molecule has 0 aliphatic carbocycles. The van der Waals surface area contributed by atoms with Gasteiger partial charge >= 0.3 is 7.82 Å². The molecule has 9 heavy (non-hydrogen) atoms. The lowest BCUT2D eigenvalue weighted by molar-refractivity contribution is 0.00184. The third-order valence-corrected chi connectivity index (χ3v) is 0.938. The number of phosphoric ester groups is 1. The minimum atomic E-state index is -4.56. The van der Waals surface area contributed by atoms with E-state index in [1.807, 2.05) is 0 Å². The van der Waals surface area contributed by atoms with Crippen molar-refractivity contribution >= 4 is 7.82 Å². The first kappa shape index (κ1) is 8.81. The van der Waals surface area contributed by atoms with E-state index in [2.05, 4.69) is 11.1 Å². The lowest BCUT2D eigenvalue weighted by Gasteiger charge is -2.06.